The Bertz CT molecular complexity index is 298. The summed E-state index contributed by atoms with van der Waals surface area (Å²) in [5, 5.41) is 0. The van der Waals surface area contributed by atoms with E-state index in [0.29, 0.717) is 5.41 Å². The summed E-state index contributed by atoms with van der Waals surface area (Å²) in [5.74, 6) is 1.13. The molecule has 1 unspecified atom stereocenters. The lowest BCUT2D eigenvalue weighted by Gasteiger charge is -2.11. The van der Waals surface area contributed by atoms with Gasteiger partial charge >= 0.3 is 0 Å². The van der Waals surface area contributed by atoms with Gasteiger partial charge in [0.05, 0.1) is 6.26 Å². The van der Waals surface area contributed by atoms with E-state index in [1.807, 2.05) is 6.07 Å². The van der Waals surface area contributed by atoms with Crippen LogP contribution in [-0.4, -0.2) is 0 Å². The zero-order chi connectivity index (χ0) is 7.47. The first kappa shape index (κ1) is 5.84. The molecule has 0 saturated heterocycles. The lowest BCUT2D eigenvalue weighted by Crippen LogP contribution is -2.17. The lowest BCUT2D eigenvalue weighted by molar-refractivity contribution is 0.415. The number of rotatable bonds is 0. The number of hydrogen-bond donors (Lipinski definition) is 1. The molecule has 2 aliphatic carbocycles. The predicted molar refractivity (Wildman–Crippen MR) is 41.0 cm³/mol. The zero-order valence-electron chi connectivity index (χ0n) is 6.34. The van der Waals surface area contributed by atoms with Crippen LogP contribution in [0.1, 0.15) is 30.2 Å². The van der Waals surface area contributed by atoms with Gasteiger partial charge in [0.15, 0.2) is 0 Å². The Kier molecular flexibility index (Phi) is 0.812. The van der Waals surface area contributed by atoms with E-state index in [9.17, 15) is 0 Å². The van der Waals surface area contributed by atoms with Crippen molar-refractivity contribution in [2.45, 2.75) is 25.3 Å². The maximum atomic E-state index is 6.07. The van der Waals surface area contributed by atoms with Crippen LogP contribution in [0.15, 0.2) is 16.7 Å². The molecule has 58 valence electrons. The van der Waals surface area contributed by atoms with Crippen LogP contribution in [0.3, 0.4) is 0 Å². The smallest absolute Gasteiger partial charge is 0.109 e. The maximum Gasteiger partial charge on any atom is 0.109 e. The van der Waals surface area contributed by atoms with Crippen LogP contribution in [0.5, 0.6) is 0 Å². The standard InChI is InChI=1S/C9H11NO/c10-8-6-1-4-11-7(6)5-9(8)2-3-9/h1,4,8H,2-3,5,10H2. The minimum absolute atomic E-state index is 0.260. The molecule has 2 heteroatoms. The van der Waals surface area contributed by atoms with Gasteiger partial charge in [0.25, 0.3) is 0 Å². The normalized spacial score (nSPS) is 30.8. The minimum atomic E-state index is 0.260. The van der Waals surface area contributed by atoms with E-state index in [-0.39, 0.29) is 6.04 Å². The van der Waals surface area contributed by atoms with Gasteiger partial charge in [-0.2, -0.15) is 0 Å². The molecule has 11 heavy (non-hydrogen) atoms. The van der Waals surface area contributed by atoms with Crippen molar-refractivity contribution in [2.24, 2.45) is 11.1 Å². The quantitative estimate of drug-likeness (QED) is 0.608. The van der Waals surface area contributed by atoms with E-state index in [2.05, 4.69) is 0 Å². The Morgan fingerprint density at radius 3 is 3.00 bits per heavy atom. The minimum Gasteiger partial charge on any atom is -0.469 e. The second kappa shape index (κ2) is 1.53. The van der Waals surface area contributed by atoms with Crippen LogP contribution in [0.2, 0.25) is 0 Å². The molecule has 0 aromatic carbocycles. The Balaban J connectivity index is 2.12. The summed E-state index contributed by atoms with van der Waals surface area (Å²) in [5.41, 5.74) is 7.75. The van der Waals surface area contributed by atoms with Gasteiger partial charge in [0.1, 0.15) is 5.76 Å². The summed E-state index contributed by atoms with van der Waals surface area (Å²) in [4.78, 5) is 0. The van der Waals surface area contributed by atoms with E-state index >= 15 is 0 Å². The van der Waals surface area contributed by atoms with Crippen molar-refractivity contribution in [3.63, 3.8) is 0 Å². The van der Waals surface area contributed by atoms with Crippen LogP contribution in [0.4, 0.5) is 0 Å². The van der Waals surface area contributed by atoms with Gasteiger partial charge < -0.3 is 10.2 Å². The van der Waals surface area contributed by atoms with Gasteiger partial charge in [-0.3, -0.25) is 0 Å². The highest BCUT2D eigenvalue weighted by Gasteiger charge is 2.54. The zero-order valence-corrected chi connectivity index (χ0v) is 6.34. The Morgan fingerprint density at radius 1 is 1.55 bits per heavy atom. The van der Waals surface area contributed by atoms with Gasteiger partial charge in [0.2, 0.25) is 0 Å². The van der Waals surface area contributed by atoms with Crippen LogP contribution in [0, 0.1) is 5.41 Å². The first-order valence-corrected chi connectivity index (χ1v) is 4.14. The molecule has 1 spiro atoms. The van der Waals surface area contributed by atoms with Crippen molar-refractivity contribution >= 4 is 0 Å². The summed E-state index contributed by atoms with van der Waals surface area (Å²) in [7, 11) is 0. The molecule has 0 amide bonds. The van der Waals surface area contributed by atoms with Crippen LogP contribution >= 0.6 is 0 Å². The molecule has 2 nitrogen and oxygen atoms in total. The fourth-order valence-corrected chi connectivity index (χ4v) is 2.18. The first-order valence-electron chi connectivity index (χ1n) is 4.14. The average molecular weight is 149 g/mol. The molecule has 1 aromatic heterocycles. The van der Waals surface area contributed by atoms with Crippen molar-refractivity contribution < 1.29 is 4.42 Å². The van der Waals surface area contributed by atoms with Gasteiger partial charge in [0, 0.05) is 18.0 Å². The lowest BCUT2D eigenvalue weighted by atomic mass is 9.99. The highest BCUT2D eigenvalue weighted by Crippen LogP contribution is 2.60. The molecule has 0 radical (unpaired) electrons. The van der Waals surface area contributed by atoms with Gasteiger partial charge in [-0.05, 0) is 24.3 Å². The molecule has 2 aliphatic rings. The van der Waals surface area contributed by atoms with E-state index in [1.165, 1.54) is 18.4 Å². The third-order valence-corrected chi connectivity index (χ3v) is 3.18. The van der Waals surface area contributed by atoms with E-state index < -0.39 is 0 Å². The van der Waals surface area contributed by atoms with Crippen LogP contribution in [0.25, 0.3) is 0 Å². The van der Waals surface area contributed by atoms with E-state index in [0.717, 1.165) is 12.2 Å². The van der Waals surface area contributed by atoms with Crippen molar-refractivity contribution in [1.82, 2.24) is 0 Å². The third-order valence-electron chi connectivity index (χ3n) is 3.18. The fraction of sp³-hybridized carbons (Fsp3) is 0.556. The monoisotopic (exact) mass is 149 g/mol. The van der Waals surface area contributed by atoms with Crippen LogP contribution < -0.4 is 5.73 Å². The van der Waals surface area contributed by atoms with Crippen LogP contribution in [-0.2, 0) is 6.42 Å². The molecule has 1 fully saturated rings. The summed E-state index contributed by atoms with van der Waals surface area (Å²) in [6.07, 6.45) is 5.41. The highest BCUT2D eigenvalue weighted by molar-refractivity contribution is 5.34. The highest BCUT2D eigenvalue weighted by atomic mass is 16.3. The van der Waals surface area contributed by atoms with E-state index in [1.54, 1.807) is 6.26 Å². The Morgan fingerprint density at radius 2 is 2.36 bits per heavy atom. The summed E-state index contributed by atoms with van der Waals surface area (Å²) >= 11 is 0. The number of hydrogen-bond acceptors (Lipinski definition) is 2. The summed E-state index contributed by atoms with van der Waals surface area (Å²) < 4.78 is 5.34. The first-order chi connectivity index (χ1) is 5.32. The molecule has 2 N–H and O–H groups in total. The summed E-state index contributed by atoms with van der Waals surface area (Å²) in [6, 6.07) is 2.28. The maximum absolute atomic E-state index is 6.07. The van der Waals surface area contributed by atoms with Gasteiger partial charge in [-0.25, -0.2) is 0 Å². The third kappa shape index (κ3) is 0.566. The average Bonchev–Trinajstić information content (AvgIpc) is 2.53. The van der Waals surface area contributed by atoms with Crippen molar-refractivity contribution in [3.8, 4) is 0 Å². The van der Waals surface area contributed by atoms with Gasteiger partial charge in [-0.1, -0.05) is 0 Å². The molecule has 0 bridgehead atoms. The number of furan rings is 1. The topological polar surface area (TPSA) is 39.2 Å². The van der Waals surface area contributed by atoms with E-state index in [4.69, 9.17) is 10.2 Å². The molecule has 3 rings (SSSR count). The predicted octanol–water partition coefficient (Wildman–Crippen LogP) is 1.62. The molecular formula is C9H11NO. The molecule has 1 heterocycles. The SMILES string of the molecule is NC1c2ccoc2CC12CC2. The molecule has 1 aromatic rings. The van der Waals surface area contributed by atoms with Gasteiger partial charge in [-0.15, -0.1) is 0 Å². The molecular weight excluding hydrogens is 138 g/mol. The Labute approximate surface area is 65.4 Å². The fourth-order valence-electron chi connectivity index (χ4n) is 2.18. The second-order valence-corrected chi connectivity index (χ2v) is 3.82. The largest absolute Gasteiger partial charge is 0.469 e. The summed E-state index contributed by atoms with van der Waals surface area (Å²) in [6.45, 7) is 0. The Hall–Kier alpha value is -0.760. The molecule has 1 atom stereocenters. The number of nitrogens with two attached hydrogens (primary N) is 1. The van der Waals surface area contributed by atoms with Crippen molar-refractivity contribution in [3.05, 3.63) is 23.7 Å². The van der Waals surface area contributed by atoms with Crippen molar-refractivity contribution in [2.75, 3.05) is 0 Å². The number of fused-ring (bicyclic) bond motifs is 1. The molecule has 1 saturated carbocycles. The second-order valence-electron chi connectivity index (χ2n) is 3.82. The molecule has 0 aliphatic heterocycles. The van der Waals surface area contributed by atoms with Crippen molar-refractivity contribution in [1.29, 1.82) is 0 Å².